The number of rotatable bonds is 44. The molecule has 0 aliphatic rings. The summed E-state index contributed by atoms with van der Waals surface area (Å²) in [6, 6.07) is 0. The molecule has 65 heavy (non-hydrogen) atoms. The molecule has 17 heteroatoms. The second-order valence-electron chi connectivity index (χ2n) is 17.2. The molecule has 0 saturated carbocycles. The van der Waals surface area contributed by atoms with Crippen molar-refractivity contribution in [2.45, 2.75) is 182 Å². The summed E-state index contributed by atoms with van der Waals surface area (Å²) in [7, 11) is 0. The Bertz CT molecular complexity index is 1190. The summed E-state index contributed by atoms with van der Waals surface area (Å²) < 4.78 is 86.6. The normalized spacial score (nSPS) is 18.4. The average Bonchev–Trinajstić information content (AvgIpc) is 3.28. The van der Waals surface area contributed by atoms with Crippen LogP contribution in [0.5, 0.6) is 0 Å². The molecule has 0 heterocycles. The van der Waals surface area contributed by atoms with Gasteiger partial charge in [0.05, 0.1) is 165 Å². The summed E-state index contributed by atoms with van der Waals surface area (Å²) >= 11 is 0. The van der Waals surface area contributed by atoms with Crippen LogP contribution >= 0.6 is 0 Å². The number of carbonyl (C=O) groups is 2. The Kier molecular flexibility index (Phi) is 37.6. The molecule has 0 rings (SSSR count). The topological polar surface area (TPSA) is 173 Å². The van der Waals surface area contributed by atoms with Gasteiger partial charge in [-0.25, -0.2) is 9.59 Å². The van der Waals surface area contributed by atoms with Gasteiger partial charge in [-0.2, -0.15) is 0 Å². The van der Waals surface area contributed by atoms with Crippen LogP contribution in [-0.4, -0.2) is 190 Å². The molecular formula is C48H90O17. The van der Waals surface area contributed by atoms with Gasteiger partial charge in [-0.1, -0.05) is 13.2 Å². The van der Waals surface area contributed by atoms with Gasteiger partial charge in [0.25, 0.3) is 0 Å². The Morgan fingerprint density at radius 2 is 0.431 bits per heavy atom. The smallest absolute Gasteiger partial charge is 0.330 e. The van der Waals surface area contributed by atoms with Crippen molar-refractivity contribution in [2.75, 3.05) is 92.5 Å². The van der Waals surface area contributed by atoms with Gasteiger partial charge in [-0.15, -0.1) is 0 Å². The van der Waals surface area contributed by atoms with Crippen molar-refractivity contribution in [1.29, 1.82) is 0 Å². The summed E-state index contributed by atoms with van der Waals surface area (Å²) in [5.74, 6) is -0.945. The zero-order chi connectivity index (χ0) is 49.2. The number of carbonyl (C=O) groups excluding carboxylic acids is 2. The first-order chi connectivity index (χ1) is 30.7. The van der Waals surface area contributed by atoms with Gasteiger partial charge in [0.1, 0.15) is 12.7 Å². The molecule has 0 N–H and O–H groups in total. The molecular weight excluding hydrogens is 849 g/mol. The maximum absolute atomic E-state index is 11.3. The van der Waals surface area contributed by atoms with Crippen LogP contribution in [0.3, 0.4) is 0 Å². The number of ether oxygens (including phenoxy) is 15. The van der Waals surface area contributed by atoms with Crippen molar-refractivity contribution in [2.24, 2.45) is 0 Å². The van der Waals surface area contributed by atoms with Crippen LogP contribution in [0.4, 0.5) is 0 Å². The largest absolute Gasteiger partial charge is 0.460 e. The van der Waals surface area contributed by atoms with Crippen molar-refractivity contribution < 1.29 is 80.6 Å². The van der Waals surface area contributed by atoms with Crippen LogP contribution in [0, 0.1) is 0 Å². The van der Waals surface area contributed by atoms with E-state index in [1.165, 1.54) is 0 Å². The minimum atomic E-state index is -0.473. The Morgan fingerprint density at radius 1 is 0.277 bits per heavy atom. The Morgan fingerprint density at radius 3 is 0.600 bits per heavy atom. The van der Waals surface area contributed by atoms with Gasteiger partial charge in [0.15, 0.2) is 0 Å². The van der Waals surface area contributed by atoms with E-state index in [4.69, 9.17) is 71.1 Å². The van der Waals surface area contributed by atoms with E-state index in [-0.39, 0.29) is 98.7 Å². The molecule has 0 radical (unpaired) electrons. The summed E-state index contributed by atoms with van der Waals surface area (Å²) in [6.45, 7) is 39.2. The first kappa shape index (κ1) is 62.9. The molecule has 0 saturated heterocycles. The summed E-state index contributed by atoms with van der Waals surface area (Å²) in [5, 5.41) is 0. The third-order valence-electron chi connectivity index (χ3n) is 9.11. The molecule has 14 unspecified atom stereocenters. The molecule has 0 fully saturated rings. The minimum absolute atomic E-state index is 0.117. The fourth-order valence-electron chi connectivity index (χ4n) is 5.06. The zero-order valence-electron chi connectivity index (χ0n) is 42.5. The molecule has 0 aromatic rings. The first-order valence-electron chi connectivity index (χ1n) is 23.4. The summed E-state index contributed by atoms with van der Waals surface area (Å²) in [4.78, 5) is 22.5. The maximum Gasteiger partial charge on any atom is 0.330 e. The van der Waals surface area contributed by atoms with E-state index < -0.39 is 11.9 Å². The highest BCUT2D eigenvalue weighted by Gasteiger charge is 2.18. The Balaban J connectivity index is 4.00. The van der Waals surface area contributed by atoms with E-state index in [1.807, 2.05) is 90.0 Å². The fraction of sp³-hybridized carbons (Fsp3) is 0.875. The molecule has 384 valence electrons. The van der Waals surface area contributed by atoms with E-state index in [2.05, 4.69) is 13.2 Å². The van der Waals surface area contributed by atoms with Crippen LogP contribution in [0.2, 0.25) is 0 Å². The number of hydrogen-bond acceptors (Lipinski definition) is 17. The van der Waals surface area contributed by atoms with Gasteiger partial charge in [-0.05, 0) is 96.9 Å². The second-order valence-corrected chi connectivity index (χ2v) is 17.2. The lowest BCUT2D eigenvalue weighted by Crippen LogP contribution is -2.31. The summed E-state index contributed by atoms with van der Waals surface area (Å²) in [6.07, 6.45) is 0.136. The maximum atomic E-state index is 11.3. The molecule has 14 atom stereocenters. The monoisotopic (exact) mass is 939 g/mol. The molecule has 0 aliphatic heterocycles. The average molecular weight is 939 g/mol. The first-order valence-corrected chi connectivity index (χ1v) is 23.4. The molecule has 0 aliphatic carbocycles. The van der Waals surface area contributed by atoms with Crippen molar-refractivity contribution >= 4 is 11.9 Å². The SMILES string of the molecule is C=CC(=O)OCC(C)OCC(C)OCC(C)OCC(C)OCC(C)OCC(C)OCC(C)OCC(C)OCC(C)OCC(C)OCC(C)OCC(C)OCC(C)OCC(C)OC(=O)C=C. The van der Waals surface area contributed by atoms with Crippen LogP contribution in [0.1, 0.15) is 96.9 Å². The standard InChI is InChI=1S/C48H90O17/c1-17-47(49)64-31-45(15)62-29-43(13)60-27-41(11)58-25-39(9)56-23-37(7)54-21-35(5)52-19-33(3)51-20-34(4)53-22-36(6)55-24-38(8)57-26-40(10)59-28-42(12)61-30-44(14)63-32-46(16)65-48(50)18-2/h17-18,33-46H,1-2,19-32H2,3-16H3. The predicted octanol–water partition coefficient (Wildman–Crippen LogP) is 6.10. The van der Waals surface area contributed by atoms with E-state index in [0.29, 0.717) is 79.3 Å². The van der Waals surface area contributed by atoms with E-state index in [0.717, 1.165) is 12.2 Å². The van der Waals surface area contributed by atoms with Gasteiger partial charge in [-0.3, -0.25) is 0 Å². The van der Waals surface area contributed by atoms with Crippen LogP contribution in [0.25, 0.3) is 0 Å². The second kappa shape index (κ2) is 38.8. The van der Waals surface area contributed by atoms with Crippen LogP contribution < -0.4 is 0 Å². The van der Waals surface area contributed by atoms with E-state index in [1.54, 1.807) is 6.92 Å². The predicted molar refractivity (Wildman–Crippen MR) is 247 cm³/mol. The zero-order valence-corrected chi connectivity index (χ0v) is 42.5. The van der Waals surface area contributed by atoms with Crippen molar-refractivity contribution in [3.05, 3.63) is 25.3 Å². The molecule has 0 spiro atoms. The molecule has 0 aromatic carbocycles. The van der Waals surface area contributed by atoms with E-state index in [9.17, 15) is 9.59 Å². The van der Waals surface area contributed by atoms with Crippen molar-refractivity contribution in [3.8, 4) is 0 Å². The van der Waals surface area contributed by atoms with Crippen LogP contribution in [-0.2, 0) is 80.6 Å². The van der Waals surface area contributed by atoms with Gasteiger partial charge >= 0.3 is 11.9 Å². The van der Waals surface area contributed by atoms with E-state index >= 15 is 0 Å². The quantitative estimate of drug-likeness (QED) is 0.0506. The molecule has 17 nitrogen and oxygen atoms in total. The number of esters is 2. The Hall–Kier alpha value is -2.10. The molecule has 0 amide bonds. The molecule has 0 aromatic heterocycles. The third kappa shape index (κ3) is 38.6. The number of hydrogen-bond donors (Lipinski definition) is 0. The van der Waals surface area contributed by atoms with Crippen molar-refractivity contribution in [1.82, 2.24) is 0 Å². The fourth-order valence-corrected chi connectivity index (χ4v) is 5.06. The van der Waals surface area contributed by atoms with Gasteiger partial charge in [0, 0.05) is 12.2 Å². The minimum Gasteiger partial charge on any atom is -0.460 e. The van der Waals surface area contributed by atoms with Crippen LogP contribution in [0.15, 0.2) is 25.3 Å². The highest BCUT2D eigenvalue weighted by molar-refractivity contribution is 5.81. The Labute approximate surface area is 392 Å². The van der Waals surface area contributed by atoms with Gasteiger partial charge < -0.3 is 71.1 Å². The lowest BCUT2D eigenvalue weighted by atomic mass is 10.3. The highest BCUT2D eigenvalue weighted by atomic mass is 16.6. The lowest BCUT2D eigenvalue weighted by Gasteiger charge is -2.23. The third-order valence-corrected chi connectivity index (χ3v) is 9.11. The summed E-state index contributed by atoms with van der Waals surface area (Å²) in [5.41, 5.74) is 0. The van der Waals surface area contributed by atoms with Crippen molar-refractivity contribution in [3.63, 3.8) is 0 Å². The van der Waals surface area contributed by atoms with Gasteiger partial charge in [0.2, 0.25) is 0 Å². The molecule has 0 bridgehead atoms. The highest BCUT2D eigenvalue weighted by Crippen LogP contribution is 2.08. The lowest BCUT2D eigenvalue weighted by molar-refractivity contribution is -0.147.